The Bertz CT molecular complexity index is 892. The van der Waals surface area contributed by atoms with Crippen LogP contribution < -0.4 is 5.32 Å². The zero-order valence-electron chi connectivity index (χ0n) is 13.3. The second-order valence-electron chi connectivity index (χ2n) is 6.10. The fourth-order valence-corrected chi connectivity index (χ4v) is 5.30. The zero-order valence-corrected chi connectivity index (χ0v) is 14.2. The van der Waals surface area contributed by atoms with Crippen LogP contribution in [0.5, 0.6) is 0 Å². The van der Waals surface area contributed by atoms with Crippen molar-refractivity contribution in [2.75, 3.05) is 5.32 Å². The summed E-state index contributed by atoms with van der Waals surface area (Å²) in [5.74, 6) is -2.50. The van der Waals surface area contributed by atoms with E-state index in [9.17, 15) is 22.0 Å². The lowest BCUT2D eigenvalue weighted by Crippen LogP contribution is -2.47. The van der Waals surface area contributed by atoms with Crippen LogP contribution in [0.1, 0.15) is 25.7 Å². The third-order valence-corrected chi connectivity index (χ3v) is 7.09. The van der Waals surface area contributed by atoms with Gasteiger partial charge in [0.05, 0.1) is 10.6 Å². The predicted molar refractivity (Wildman–Crippen MR) is 89.8 cm³/mol. The van der Waals surface area contributed by atoms with E-state index in [4.69, 9.17) is 0 Å². The van der Waals surface area contributed by atoms with Crippen LogP contribution >= 0.6 is 0 Å². The standard InChI is InChI=1S/C18H17F2NO3S/c19-13-8-9-16(15(20)12-13)21-17(22)18(10-4-5-11-18)25(23,24)14-6-2-1-3-7-14/h1-3,6-9,12H,4-5,10-11H2,(H,21,22). The molecule has 0 bridgehead atoms. The molecule has 3 rings (SSSR count). The van der Waals surface area contributed by atoms with Crippen molar-refractivity contribution in [3.05, 3.63) is 60.2 Å². The molecule has 2 aromatic carbocycles. The Morgan fingerprint density at radius 1 is 1.00 bits per heavy atom. The third-order valence-electron chi connectivity index (χ3n) is 4.57. The van der Waals surface area contributed by atoms with Crippen LogP contribution in [0.4, 0.5) is 14.5 Å². The second-order valence-corrected chi connectivity index (χ2v) is 8.36. The normalized spacial score (nSPS) is 16.6. The molecule has 1 N–H and O–H groups in total. The molecule has 0 heterocycles. The topological polar surface area (TPSA) is 63.2 Å². The fraction of sp³-hybridized carbons (Fsp3) is 0.278. The Kier molecular flexibility index (Phi) is 4.60. The van der Waals surface area contributed by atoms with E-state index < -0.39 is 32.1 Å². The SMILES string of the molecule is O=C(Nc1ccc(F)cc1F)C1(S(=O)(=O)c2ccccc2)CCCC1. The first-order chi connectivity index (χ1) is 11.9. The van der Waals surface area contributed by atoms with Crippen molar-refractivity contribution in [3.8, 4) is 0 Å². The molecule has 0 aliphatic heterocycles. The van der Waals surface area contributed by atoms with Crippen molar-refractivity contribution in [2.45, 2.75) is 35.3 Å². The summed E-state index contributed by atoms with van der Waals surface area (Å²) in [7, 11) is -3.95. The van der Waals surface area contributed by atoms with Gasteiger partial charge in [-0.2, -0.15) is 0 Å². The van der Waals surface area contributed by atoms with Crippen molar-refractivity contribution in [1.82, 2.24) is 0 Å². The maximum absolute atomic E-state index is 13.8. The highest BCUT2D eigenvalue weighted by Gasteiger charge is 2.53. The number of amides is 1. The van der Waals surface area contributed by atoms with Crippen molar-refractivity contribution in [3.63, 3.8) is 0 Å². The van der Waals surface area contributed by atoms with Crippen molar-refractivity contribution < 1.29 is 22.0 Å². The number of nitrogens with one attached hydrogen (secondary N) is 1. The molecule has 1 aliphatic carbocycles. The smallest absolute Gasteiger partial charge is 0.246 e. The minimum atomic E-state index is -3.95. The highest BCUT2D eigenvalue weighted by molar-refractivity contribution is 7.93. The molecule has 132 valence electrons. The van der Waals surface area contributed by atoms with E-state index in [1.807, 2.05) is 0 Å². The zero-order chi connectivity index (χ0) is 18.1. The number of anilines is 1. The van der Waals surface area contributed by atoms with E-state index in [0.29, 0.717) is 18.9 Å². The van der Waals surface area contributed by atoms with E-state index in [1.54, 1.807) is 18.2 Å². The van der Waals surface area contributed by atoms with Gasteiger partial charge >= 0.3 is 0 Å². The fourth-order valence-electron chi connectivity index (χ4n) is 3.22. The van der Waals surface area contributed by atoms with Crippen LogP contribution in [0.25, 0.3) is 0 Å². The van der Waals surface area contributed by atoms with E-state index in [-0.39, 0.29) is 23.4 Å². The monoisotopic (exact) mass is 365 g/mol. The van der Waals surface area contributed by atoms with Gasteiger partial charge in [-0.25, -0.2) is 17.2 Å². The van der Waals surface area contributed by atoms with E-state index in [1.165, 1.54) is 12.1 Å². The van der Waals surface area contributed by atoms with Crippen LogP contribution in [0.2, 0.25) is 0 Å². The largest absolute Gasteiger partial charge is 0.322 e. The predicted octanol–water partition coefficient (Wildman–Crippen LogP) is 3.69. The minimum absolute atomic E-state index is 0.0617. The third kappa shape index (κ3) is 3.04. The number of rotatable bonds is 4. The molecule has 7 heteroatoms. The maximum atomic E-state index is 13.8. The number of sulfone groups is 1. The first-order valence-corrected chi connectivity index (χ1v) is 9.41. The van der Waals surface area contributed by atoms with E-state index >= 15 is 0 Å². The molecular formula is C18H17F2NO3S. The Morgan fingerprint density at radius 3 is 2.24 bits per heavy atom. The molecule has 25 heavy (non-hydrogen) atoms. The van der Waals surface area contributed by atoms with Gasteiger partial charge in [0.2, 0.25) is 5.91 Å². The Hall–Kier alpha value is -2.28. The molecule has 1 aliphatic rings. The van der Waals surface area contributed by atoms with Gasteiger partial charge in [0.25, 0.3) is 0 Å². The molecule has 0 aromatic heterocycles. The number of halogens is 2. The quantitative estimate of drug-likeness (QED) is 0.899. The molecule has 2 aromatic rings. The molecule has 1 amide bonds. The maximum Gasteiger partial charge on any atom is 0.246 e. The number of hydrogen-bond donors (Lipinski definition) is 1. The summed E-state index contributed by atoms with van der Waals surface area (Å²) in [4.78, 5) is 12.9. The highest BCUT2D eigenvalue weighted by Crippen LogP contribution is 2.41. The summed E-state index contributed by atoms with van der Waals surface area (Å²) < 4.78 is 51.4. The Morgan fingerprint density at radius 2 is 1.64 bits per heavy atom. The van der Waals surface area contributed by atoms with Gasteiger partial charge in [-0.3, -0.25) is 4.79 Å². The molecule has 0 saturated heterocycles. The van der Waals surface area contributed by atoms with Gasteiger partial charge in [0.1, 0.15) is 11.6 Å². The molecule has 0 atom stereocenters. The highest BCUT2D eigenvalue weighted by atomic mass is 32.2. The number of hydrogen-bond acceptors (Lipinski definition) is 3. The Labute approximate surface area is 144 Å². The molecule has 1 fully saturated rings. The van der Waals surface area contributed by atoms with Crippen LogP contribution in [0.3, 0.4) is 0 Å². The molecular weight excluding hydrogens is 348 g/mol. The summed E-state index contributed by atoms with van der Waals surface area (Å²) in [5.41, 5.74) is -0.235. The van der Waals surface area contributed by atoms with Crippen molar-refractivity contribution >= 4 is 21.4 Å². The lowest BCUT2D eigenvalue weighted by molar-refractivity contribution is -0.118. The van der Waals surface area contributed by atoms with E-state index in [2.05, 4.69) is 5.32 Å². The van der Waals surface area contributed by atoms with Gasteiger partial charge in [-0.15, -0.1) is 0 Å². The number of carbonyl (C=O) groups is 1. The lowest BCUT2D eigenvalue weighted by atomic mass is 10.1. The summed E-state index contributed by atoms with van der Waals surface area (Å²) >= 11 is 0. The molecule has 0 radical (unpaired) electrons. The first kappa shape index (κ1) is 17.5. The summed E-state index contributed by atoms with van der Waals surface area (Å²) in [5, 5.41) is 2.34. The molecule has 0 unspecified atom stereocenters. The summed E-state index contributed by atoms with van der Waals surface area (Å²) in [6.45, 7) is 0. The molecule has 4 nitrogen and oxygen atoms in total. The first-order valence-electron chi connectivity index (χ1n) is 7.93. The van der Waals surface area contributed by atoms with Crippen molar-refractivity contribution in [1.29, 1.82) is 0 Å². The van der Waals surface area contributed by atoms with E-state index in [0.717, 1.165) is 12.1 Å². The lowest BCUT2D eigenvalue weighted by Gasteiger charge is -2.27. The average Bonchev–Trinajstić information content (AvgIpc) is 3.10. The van der Waals surface area contributed by atoms with Crippen molar-refractivity contribution in [2.24, 2.45) is 0 Å². The number of benzene rings is 2. The van der Waals surface area contributed by atoms with Crippen LogP contribution in [-0.2, 0) is 14.6 Å². The second kappa shape index (κ2) is 6.55. The van der Waals surface area contributed by atoms with Gasteiger partial charge in [-0.05, 0) is 37.1 Å². The Balaban J connectivity index is 1.99. The minimum Gasteiger partial charge on any atom is -0.322 e. The van der Waals surface area contributed by atoms with Gasteiger partial charge in [0, 0.05) is 6.07 Å². The molecule has 0 spiro atoms. The molecule has 1 saturated carbocycles. The summed E-state index contributed by atoms with van der Waals surface area (Å²) in [6.07, 6.45) is 1.51. The van der Waals surface area contributed by atoms with Gasteiger partial charge in [-0.1, -0.05) is 31.0 Å². The number of carbonyl (C=O) groups excluding carboxylic acids is 1. The van der Waals surface area contributed by atoms with Gasteiger partial charge in [0.15, 0.2) is 14.6 Å². The van der Waals surface area contributed by atoms with Crippen LogP contribution in [-0.4, -0.2) is 19.1 Å². The van der Waals surface area contributed by atoms with Gasteiger partial charge < -0.3 is 5.32 Å². The van der Waals surface area contributed by atoms with Crippen LogP contribution in [0, 0.1) is 11.6 Å². The summed E-state index contributed by atoms with van der Waals surface area (Å²) in [6, 6.07) is 10.5. The van der Waals surface area contributed by atoms with Crippen LogP contribution in [0.15, 0.2) is 53.4 Å². The average molecular weight is 365 g/mol.